The van der Waals surface area contributed by atoms with Crippen molar-refractivity contribution in [3.63, 3.8) is 0 Å². The lowest BCUT2D eigenvalue weighted by Crippen LogP contribution is -2.55. The predicted octanol–water partition coefficient (Wildman–Crippen LogP) is 0.133. The number of rotatable bonds is 12. The highest BCUT2D eigenvalue weighted by molar-refractivity contribution is 7.98. The Bertz CT molecular complexity index is 608. The summed E-state index contributed by atoms with van der Waals surface area (Å²) in [7, 11) is 0. The summed E-state index contributed by atoms with van der Waals surface area (Å²) in [4.78, 5) is 43.0. The van der Waals surface area contributed by atoms with E-state index in [1.54, 1.807) is 11.8 Å². The minimum Gasteiger partial charge on any atom is -0.480 e. The van der Waals surface area contributed by atoms with Gasteiger partial charge < -0.3 is 26.5 Å². The van der Waals surface area contributed by atoms with Gasteiger partial charge in [0.2, 0.25) is 11.8 Å². The van der Waals surface area contributed by atoms with E-state index < -0.39 is 35.9 Å². The predicted molar refractivity (Wildman–Crippen MR) is 104 cm³/mol. The van der Waals surface area contributed by atoms with Gasteiger partial charge in [0.15, 0.2) is 0 Å². The van der Waals surface area contributed by atoms with Crippen LogP contribution in [0.1, 0.15) is 32.4 Å². The number of hydrogen-bond donors (Lipinski definition) is 5. The van der Waals surface area contributed by atoms with Crippen molar-refractivity contribution in [3.8, 4) is 0 Å². The maximum Gasteiger partial charge on any atom is 0.326 e. The van der Waals surface area contributed by atoms with Crippen molar-refractivity contribution < 1.29 is 19.5 Å². The van der Waals surface area contributed by atoms with Gasteiger partial charge >= 0.3 is 5.97 Å². The van der Waals surface area contributed by atoms with Crippen LogP contribution >= 0.6 is 11.8 Å². The molecule has 0 aliphatic heterocycles. The Kier molecular flexibility index (Phi) is 9.87. The van der Waals surface area contributed by atoms with Crippen molar-refractivity contribution in [2.24, 2.45) is 11.7 Å². The van der Waals surface area contributed by atoms with Gasteiger partial charge in [0, 0.05) is 18.3 Å². The minimum atomic E-state index is -1.16. The summed E-state index contributed by atoms with van der Waals surface area (Å²) in [6, 6.07) is -2.68. The monoisotopic (exact) mass is 399 g/mol. The Balaban J connectivity index is 2.77. The lowest BCUT2D eigenvalue weighted by molar-refractivity contribution is -0.142. The molecule has 0 saturated heterocycles. The molecule has 0 aliphatic carbocycles. The number of nitrogens with two attached hydrogens (primary N) is 1. The molecule has 0 fully saturated rings. The molecule has 10 heteroatoms. The summed E-state index contributed by atoms with van der Waals surface area (Å²) in [6.45, 7) is 3.83. The van der Waals surface area contributed by atoms with E-state index in [1.165, 1.54) is 12.5 Å². The number of thioether (sulfide) groups is 1. The van der Waals surface area contributed by atoms with Crippen LogP contribution in [0.5, 0.6) is 0 Å². The fourth-order valence-corrected chi connectivity index (χ4v) is 2.94. The Hall–Kier alpha value is -2.07. The molecule has 0 spiro atoms. The molecule has 0 saturated carbocycles. The smallest absolute Gasteiger partial charge is 0.326 e. The van der Waals surface area contributed by atoms with Crippen molar-refractivity contribution in [3.05, 3.63) is 18.2 Å². The summed E-state index contributed by atoms with van der Waals surface area (Å²) in [5, 5.41) is 14.6. The first-order chi connectivity index (χ1) is 12.7. The molecule has 3 unspecified atom stereocenters. The van der Waals surface area contributed by atoms with E-state index in [-0.39, 0.29) is 12.3 Å². The lowest BCUT2D eigenvalue weighted by Gasteiger charge is -2.24. The summed E-state index contributed by atoms with van der Waals surface area (Å²) < 4.78 is 0. The standard InChI is InChI=1S/C17H29N5O4S/c1-10(2)6-13(21-15(23)12(18)4-5-27-3)16(24)22-14(17(25)26)7-11-8-19-9-20-11/h8-10,12-14H,4-7,18H2,1-3H3,(H,19,20)(H,21,23)(H,22,24)(H,25,26). The van der Waals surface area contributed by atoms with E-state index >= 15 is 0 Å². The zero-order valence-corrected chi connectivity index (χ0v) is 16.7. The van der Waals surface area contributed by atoms with E-state index in [0.29, 0.717) is 18.5 Å². The maximum absolute atomic E-state index is 12.6. The van der Waals surface area contributed by atoms with Crippen molar-refractivity contribution in [2.45, 2.75) is 51.2 Å². The second kappa shape index (κ2) is 11.6. The molecule has 0 aliphatic rings. The lowest BCUT2D eigenvalue weighted by atomic mass is 10.0. The SMILES string of the molecule is CSCCC(N)C(=O)NC(CC(C)C)C(=O)NC(Cc1cnc[nH]1)C(=O)O. The maximum atomic E-state index is 12.6. The number of H-pyrrole nitrogens is 1. The normalized spacial score (nSPS) is 14.4. The summed E-state index contributed by atoms with van der Waals surface area (Å²) in [5.41, 5.74) is 6.45. The van der Waals surface area contributed by atoms with Gasteiger partial charge in [-0.3, -0.25) is 9.59 Å². The number of nitrogens with one attached hydrogen (secondary N) is 3. The molecular formula is C17H29N5O4S. The van der Waals surface area contributed by atoms with Crippen molar-refractivity contribution >= 4 is 29.5 Å². The number of nitrogens with zero attached hydrogens (tertiary/aromatic N) is 1. The van der Waals surface area contributed by atoms with Crippen LogP contribution in [0.25, 0.3) is 0 Å². The molecule has 0 bridgehead atoms. The Morgan fingerprint density at radius 3 is 2.44 bits per heavy atom. The summed E-state index contributed by atoms with van der Waals surface area (Å²) in [5.74, 6) is -1.25. The number of hydrogen-bond acceptors (Lipinski definition) is 6. The minimum absolute atomic E-state index is 0.0661. The first-order valence-corrected chi connectivity index (χ1v) is 10.2. The Morgan fingerprint density at radius 2 is 1.93 bits per heavy atom. The number of carboxylic acid groups (broad SMARTS) is 1. The third-order valence-electron chi connectivity index (χ3n) is 3.90. The molecular weight excluding hydrogens is 370 g/mol. The van der Waals surface area contributed by atoms with Crippen molar-refractivity contribution in [2.75, 3.05) is 12.0 Å². The van der Waals surface area contributed by atoms with Crippen LogP contribution in [0.3, 0.4) is 0 Å². The third kappa shape index (κ3) is 8.44. The molecule has 1 aromatic heterocycles. The van der Waals surface area contributed by atoms with Crippen molar-refractivity contribution in [1.29, 1.82) is 0 Å². The van der Waals surface area contributed by atoms with Gasteiger partial charge in [-0.2, -0.15) is 11.8 Å². The highest BCUT2D eigenvalue weighted by Crippen LogP contribution is 2.08. The molecule has 6 N–H and O–H groups in total. The number of imidazole rings is 1. The molecule has 152 valence electrons. The number of aromatic nitrogens is 2. The zero-order chi connectivity index (χ0) is 20.4. The van der Waals surface area contributed by atoms with E-state index in [9.17, 15) is 19.5 Å². The number of amides is 2. The fourth-order valence-electron chi connectivity index (χ4n) is 2.45. The van der Waals surface area contributed by atoms with E-state index in [4.69, 9.17) is 5.73 Å². The number of carbonyl (C=O) groups excluding carboxylic acids is 2. The van der Waals surface area contributed by atoms with Gasteiger partial charge in [-0.05, 0) is 30.8 Å². The van der Waals surface area contributed by atoms with Crippen LogP contribution < -0.4 is 16.4 Å². The fraction of sp³-hybridized carbons (Fsp3) is 0.647. The van der Waals surface area contributed by atoms with E-state index in [2.05, 4.69) is 20.6 Å². The first kappa shape index (κ1) is 23.0. The van der Waals surface area contributed by atoms with Gasteiger partial charge in [0.05, 0.1) is 12.4 Å². The van der Waals surface area contributed by atoms with E-state index in [1.807, 2.05) is 20.1 Å². The first-order valence-electron chi connectivity index (χ1n) is 8.79. The zero-order valence-electron chi connectivity index (χ0n) is 15.9. The van der Waals surface area contributed by atoms with Crippen molar-refractivity contribution in [1.82, 2.24) is 20.6 Å². The average molecular weight is 400 g/mol. The van der Waals surface area contributed by atoms with Gasteiger partial charge in [-0.15, -0.1) is 0 Å². The van der Waals surface area contributed by atoms with Crippen LogP contribution in [0, 0.1) is 5.92 Å². The molecule has 27 heavy (non-hydrogen) atoms. The second-order valence-corrected chi connectivity index (χ2v) is 7.74. The van der Waals surface area contributed by atoms with Crippen LogP contribution in [0.4, 0.5) is 0 Å². The molecule has 0 radical (unpaired) electrons. The number of carboxylic acids is 1. The van der Waals surface area contributed by atoms with Gasteiger partial charge in [0.1, 0.15) is 12.1 Å². The summed E-state index contributed by atoms with van der Waals surface area (Å²) in [6.07, 6.45) is 5.81. The van der Waals surface area contributed by atoms with Gasteiger partial charge in [0.25, 0.3) is 0 Å². The Labute approximate surface area is 163 Å². The highest BCUT2D eigenvalue weighted by atomic mass is 32.2. The average Bonchev–Trinajstić information content (AvgIpc) is 3.10. The number of carbonyl (C=O) groups is 3. The van der Waals surface area contributed by atoms with Crippen LogP contribution in [0.15, 0.2) is 12.5 Å². The van der Waals surface area contributed by atoms with Gasteiger partial charge in [-0.1, -0.05) is 13.8 Å². The molecule has 9 nitrogen and oxygen atoms in total. The van der Waals surface area contributed by atoms with Crippen LogP contribution in [0.2, 0.25) is 0 Å². The second-order valence-electron chi connectivity index (χ2n) is 6.76. The van der Waals surface area contributed by atoms with Crippen LogP contribution in [-0.2, 0) is 20.8 Å². The quantitative estimate of drug-likeness (QED) is 0.335. The van der Waals surface area contributed by atoms with Gasteiger partial charge in [-0.25, -0.2) is 9.78 Å². The molecule has 1 aromatic rings. The van der Waals surface area contributed by atoms with Crippen LogP contribution in [-0.4, -0.2) is 63.0 Å². The third-order valence-corrected chi connectivity index (χ3v) is 4.55. The number of aliphatic carboxylic acids is 1. The molecule has 3 atom stereocenters. The number of aromatic amines is 1. The molecule has 1 heterocycles. The highest BCUT2D eigenvalue weighted by Gasteiger charge is 2.28. The molecule has 2 amide bonds. The molecule has 0 aromatic carbocycles. The van der Waals surface area contributed by atoms with E-state index in [0.717, 1.165) is 5.75 Å². The Morgan fingerprint density at radius 1 is 1.26 bits per heavy atom. The summed E-state index contributed by atoms with van der Waals surface area (Å²) >= 11 is 1.58. The molecule has 1 rings (SSSR count). The topological polar surface area (TPSA) is 150 Å². The largest absolute Gasteiger partial charge is 0.480 e.